The predicted octanol–water partition coefficient (Wildman–Crippen LogP) is 2.14. The average molecular weight is 377 g/mol. The minimum Gasteiger partial charge on any atom is -0.323 e. The van der Waals surface area contributed by atoms with Gasteiger partial charge >= 0.3 is 6.03 Å². The number of nitrogens with one attached hydrogen (secondary N) is 1. The van der Waals surface area contributed by atoms with Gasteiger partial charge in [-0.2, -0.15) is 0 Å². The zero-order valence-corrected chi connectivity index (χ0v) is 15.8. The van der Waals surface area contributed by atoms with E-state index < -0.39 is 5.54 Å². The van der Waals surface area contributed by atoms with Crippen molar-refractivity contribution >= 4 is 23.5 Å². The summed E-state index contributed by atoms with van der Waals surface area (Å²) in [5.74, 6) is 0.244. The smallest absolute Gasteiger partial charge is 0.323 e. The van der Waals surface area contributed by atoms with Crippen LogP contribution in [0.1, 0.15) is 25.3 Å². The Morgan fingerprint density at radius 2 is 1.69 bits per heavy atom. The Balaban J connectivity index is 1.29. The van der Waals surface area contributed by atoms with Crippen LogP contribution >= 0.6 is 11.6 Å². The first-order valence-electron chi connectivity index (χ1n) is 9.29. The van der Waals surface area contributed by atoms with Crippen molar-refractivity contribution in [2.24, 2.45) is 5.92 Å². The molecule has 3 amide bonds. The lowest BCUT2D eigenvalue weighted by atomic mass is 9.96. The minimum atomic E-state index is -0.687. The van der Waals surface area contributed by atoms with E-state index in [4.69, 9.17) is 11.6 Å². The van der Waals surface area contributed by atoms with Crippen LogP contribution in [0.4, 0.5) is 4.79 Å². The highest BCUT2D eigenvalue weighted by Crippen LogP contribution is 2.42. The molecule has 2 aliphatic heterocycles. The van der Waals surface area contributed by atoms with E-state index >= 15 is 0 Å². The maximum Gasteiger partial charge on any atom is 0.326 e. The Morgan fingerprint density at radius 3 is 2.31 bits per heavy atom. The summed E-state index contributed by atoms with van der Waals surface area (Å²) in [5, 5.41) is 3.67. The van der Waals surface area contributed by atoms with Crippen LogP contribution in [0, 0.1) is 5.92 Å². The van der Waals surface area contributed by atoms with Gasteiger partial charge in [0.25, 0.3) is 5.91 Å². The number of benzene rings is 1. The van der Waals surface area contributed by atoms with Gasteiger partial charge < -0.3 is 5.32 Å². The van der Waals surface area contributed by atoms with Gasteiger partial charge in [0.1, 0.15) is 5.54 Å². The molecule has 0 spiro atoms. The zero-order valence-electron chi connectivity index (χ0n) is 15.1. The van der Waals surface area contributed by atoms with E-state index in [-0.39, 0.29) is 11.9 Å². The van der Waals surface area contributed by atoms with Crippen LogP contribution in [0.15, 0.2) is 24.3 Å². The number of carbonyl (C=O) groups excluding carboxylic acids is 2. The monoisotopic (exact) mass is 376 g/mol. The molecule has 3 aliphatic rings. The SMILES string of the molecule is C[C@@]1(C2CC2)NC(=O)N(CN2CCN(Cc3ccc(Cl)cc3)CC2)C1=O. The lowest BCUT2D eigenvalue weighted by molar-refractivity contribution is -0.133. The molecule has 140 valence electrons. The largest absolute Gasteiger partial charge is 0.326 e. The van der Waals surface area contributed by atoms with E-state index in [1.54, 1.807) is 0 Å². The number of imide groups is 1. The summed E-state index contributed by atoms with van der Waals surface area (Å²) in [5.41, 5.74) is 0.560. The van der Waals surface area contributed by atoms with Crippen molar-refractivity contribution in [2.45, 2.75) is 31.8 Å². The van der Waals surface area contributed by atoms with Crippen LogP contribution in [-0.2, 0) is 11.3 Å². The van der Waals surface area contributed by atoms with Gasteiger partial charge in [-0.25, -0.2) is 9.69 Å². The van der Waals surface area contributed by atoms with Gasteiger partial charge in [-0.15, -0.1) is 0 Å². The normalized spacial score (nSPS) is 27.8. The second kappa shape index (κ2) is 6.83. The zero-order chi connectivity index (χ0) is 18.3. The summed E-state index contributed by atoms with van der Waals surface area (Å²) in [4.78, 5) is 31.0. The summed E-state index contributed by atoms with van der Waals surface area (Å²) in [6.07, 6.45) is 2.06. The fourth-order valence-electron chi connectivity index (χ4n) is 3.92. The van der Waals surface area contributed by atoms with Gasteiger partial charge in [0.15, 0.2) is 0 Å². The molecule has 1 aromatic rings. The van der Waals surface area contributed by atoms with E-state index in [0.717, 1.165) is 50.6 Å². The van der Waals surface area contributed by atoms with Crippen molar-refractivity contribution in [2.75, 3.05) is 32.8 Å². The first-order chi connectivity index (χ1) is 12.5. The molecule has 1 saturated carbocycles. The molecule has 1 aliphatic carbocycles. The van der Waals surface area contributed by atoms with Crippen LogP contribution < -0.4 is 5.32 Å². The second-order valence-corrected chi connectivity index (χ2v) is 8.24. The van der Waals surface area contributed by atoms with Gasteiger partial charge in [-0.3, -0.25) is 14.6 Å². The Kier molecular flexibility index (Phi) is 4.67. The van der Waals surface area contributed by atoms with Crippen molar-refractivity contribution < 1.29 is 9.59 Å². The summed E-state index contributed by atoms with van der Waals surface area (Å²) >= 11 is 5.94. The Labute approximate surface area is 159 Å². The Morgan fingerprint density at radius 1 is 1.08 bits per heavy atom. The van der Waals surface area contributed by atoms with E-state index in [9.17, 15) is 9.59 Å². The van der Waals surface area contributed by atoms with E-state index in [2.05, 4.69) is 27.2 Å². The van der Waals surface area contributed by atoms with E-state index in [1.807, 2.05) is 19.1 Å². The molecular weight excluding hydrogens is 352 g/mol. The van der Waals surface area contributed by atoms with Crippen molar-refractivity contribution in [1.82, 2.24) is 20.0 Å². The third kappa shape index (κ3) is 3.46. The molecule has 2 heterocycles. The highest BCUT2D eigenvalue weighted by molar-refractivity contribution is 6.30. The fraction of sp³-hybridized carbons (Fsp3) is 0.579. The first kappa shape index (κ1) is 17.8. The molecule has 4 rings (SSSR count). The number of hydrogen-bond donors (Lipinski definition) is 1. The molecule has 6 nitrogen and oxygen atoms in total. The highest BCUT2D eigenvalue weighted by Gasteiger charge is 2.56. The summed E-state index contributed by atoms with van der Waals surface area (Å²) in [6.45, 7) is 6.71. The number of amides is 3. The number of hydrogen-bond acceptors (Lipinski definition) is 4. The second-order valence-electron chi connectivity index (χ2n) is 7.80. The van der Waals surface area contributed by atoms with Crippen LogP contribution in [0.5, 0.6) is 0 Å². The lowest BCUT2D eigenvalue weighted by Crippen LogP contribution is -2.51. The molecule has 1 atom stereocenters. The van der Waals surface area contributed by atoms with Crippen molar-refractivity contribution in [3.63, 3.8) is 0 Å². The number of piperazine rings is 1. The van der Waals surface area contributed by atoms with Crippen molar-refractivity contribution in [1.29, 1.82) is 0 Å². The van der Waals surface area contributed by atoms with Gasteiger partial charge in [0.2, 0.25) is 0 Å². The number of halogens is 1. The molecule has 0 bridgehead atoms. The molecule has 0 radical (unpaired) electrons. The molecule has 0 unspecified atom stereocenters. The van der Waals surface area contributed by atoms with Crippen molar-refractivity contribution in [3.05, 3.63) is 34.9 Å². The maximum absolute atomic E-state index is 12.7. The molecule has 0 aromatic heterocycles. The lowest BCUT2D eigenvalue weighted by Gasteiger charge is -2.36. The Hall–Kier alpha value is -1.63. The first-order valence-corrected chi connectivity index (χ1v) is 9.67. The summed E-state index contributed by atoms with van der Waals surface area (Å²) in [6, 6.07) is 7.71. The van der Waals surface area contributed by atoms with Crippen LogP contribution in [0.3, 0.4) is 0 Å². The van der Waals surface area contributed by atoms with Crippen LogP contribution in [0.25, 0.3) is 0 Å². The van der Waals surface area contributed by atoms with Crippen molar-refractivity contribution in [3.8, 4) is 0 Å². The highest BCUT2D eigenvalue weighted by atomic mass is 35.5. The Bertz CT molecular complexity index is 698. The quantitative estimate of drug-likeness (QED) is 0.800. The maximum atomic E-state index is 12.7. The third-order valence-electron chi connectivity index (χ3n) is 5.82. The third-order valence-corrected chi connectivity index (χ3v) is 6.07. The van der Waals surface area contributed by atoms with Crippen LogP contribution in [-0.4, -0.2) is 65.0 Å². The van der Waals surface area contributed by atoms with Gasteiger partial charge in [-0.1, -0.05) is 23.7 Å². The topological polar surface area (TPSA) is 55.9 Å². The summed E-state index contributed by atoms with van der Waals surface area (Å²) in [7, 11) is 0. The van der Waals surface area contributed by atoms with Gasteiger partial charge in [-0.05, 0) is 43.4 Å². The molecule has 1 N–H and O–H groups in total. The number of rotatable bonds is 5. The molecule has 3 fully saturated rings. The molecule has 26 heavy (non-hydrogen) atoms. The minimum absolute atomic E-state index is 0.0615. The number of urea groups is 1. The summed E-state index contributed by atoms with van der Waals surface area (Å²) < 4.78 is 0. The predicted molar refractivity (Wildman–Crippen MR) is 99.7 cm³/mol. The van der Waals surface area contributed by atoms with Gasteiger partial charge in [0, 0.05) is 37.7 Å². The standard InChI is InChI=1S/C19H25ClN4O2/c1-19(15-4-5-15)17(25)24(18(26)21-19)13-23-10-8-22(9-11-23)12-14-2-6-16(20)7-3-14/h2-3,6-7,15H,4-5,8-13H2,1H3,(H,21,26)/t19-/m0/s1. The van der Waals surface area contributed by atoms with E-state index in [0.29, 0.717) is 12.6 Å². The molecule has 1 aromatic carbocycles. The van der Waals surface area contributed by atoms with Gasteiger partial charge in [0.05, 0.1) is 6.67 Å². The van der Waals surface area contributed by atoms with E-state index in [1.165, 1.54) is 10.5 Å². The fourth-order valence-corrected chi connectivity index (χ4v) is 4.04. The molecule has 7 heteroatoms. The molecular formula is C19H25ClN4O2. The molecule has 2 saturated heterocycles. The number of carbonyl (C=O) groups is 2. The van der Waals surface area contributed by atoms with Crippen LogP contribution in [0.2, 0.25) is 5.02 Å². The average Bonchev–Trinajstić information content (AvgIpc) is 3.45. The number of nitrogens with zero attached hydrogens (tertiary/aromatic N) is 3.